The lowest BCUT2D eigenvalue weighted by Crippen LogP contribution is -2.25. The van der Waals surface area contributed by atoms with E-state index < -0.39 is 11.9 Å². The van der Waals surface area contributed by atoms with Crippen molar-refractivity contribution in [2.24, 2.45) is 0 Å². The van der Waals surface area contributed by atoms with Gasteiger partial charge < -0.3 is 15.7 Å². The summed E-state index contributed by atoms with van der Waals surface area (Å²) < 4.78 is 0. The van der Waals surface area contributed by atoms with Crippen molar-refractivity contribution >= 4 is 23.5 Å². The number of carbonyl (C=O) groups excluding carboxylic acids is 2. The molecule has 0 bridgehead atoms. The van der Waals surface area contributed by atoms with E-state index in [9.17, 15) is 14.4 Å². The molecule has 6 heteroatoms. The number of anilines is 1. The minimum atomic E-state index is -1.11. The topological polar surface area (TPSA) is 95.5 Å². The summed E-state index contributed by atoms with van der Waals surface area (Å²) in [7, 11) is 0. The maximum absolute atomic E-state index is 11.8. The molecule has 0 atom stereocenters. The minimum Gasteiger partial charge on any atom is -0.478 e. The van der Waals surface area contributed by atoms with Crippen LogP contribution in [0.15, 0.2) is 35.4 Å². The van der Waals surface area contributed by atoms with E-state index in [-0.39, 0.29) is 23.6 Å². The number of amides is 2. The number of carbonyl (C=O) groups is 3. The van der Waals surface area contributed by atoms with Gasteiger partial charge in [-0.05, 0) is 31.5 Å². The second-order valence-electron chi connectivity index (χ2n) is 4.62. The van der Waals surface area contributed by atoms with Gasteiger partial charge in [0.25, 0.3) is 0 Å². The molecular formula is C15H18N2O4. The molecule has 0 fully saturated rings. The van der Waals surface area contributed by atoms with Crippen LogP contribution in [0.4, 0.5) is 5.69 Å². The summed E-state index contributed by atoms with van der Waals surface area (Å²) in [5.41, 5.74) is 1.72. The van der Waals surface area contributed by atoms with Crippen molar-refractivity contribution in [2.75, 3.05) is 5.32 Å². The molecule has 6 nitrogen and oxygen atoms in total. The fourth-order valence-electron chi connectivity index (χ4n) is 1.55. The van der Waals surface area contributed by atoms with E-state index in [0.717, 1.165) is 5.56 Å². The van der Waals surface area contributed by atoms with Crippen LogP contribution in [-0.4, -0.2) is 22.9 Å². The Morgan fingerprint density at radius 2 is 1.57 bits per heavy atom. The molecule has 0 heterocycles. The number of hydrogen-bond acceptors (Lipinski definition) is 3. The molecule has 112 valence electrons. The third-order valence-corrected chi connectivity index (χ3v) is 2.95. The van der Waals surface area contributed by atoms with Gasteiger partial charge in [0.1, 0.15) is 0 Å². The molecule has 0 saturated carbocycles. The first kappa shape index (κ1) is 16.4. The highest BCUT2D eigenvalue weighted by Crippen LogP contribution is 2.10. The minimum absolute atomic E-state index is 0.0218. The van der Waals surface area contributed by atoms with Crippen molar-refractivity contribution in [1.82, 2.24) is 5.32 Å². The second kappa shape index (κ2) is 7.23. The number of benzene rings is 1. The van der Waals surface area contributed by atoms with Gasteiger partial charge in [0.15, 0.2) is 0 Å². The molecule has 0 aliphatic carbocycles. The number of hydrogen-bond donors (Lipinski definition) is 3. The first-order valence-electron chi connectivity index (χ1n) is 6.36. The molecule has 0 spiro atoms. The van der Waals surface area contributed by atoms with Gasteiger partial charge in [-0.25, -0.2) is 4.79 Å². The van der Waals surface area contributed by atoms with E-state index in [0.29, 0.717) is 5.69 Å². The van der Waals surface area contributed by atoms with Crippen LogP contribution in [0.3, 0.4) is 0 Å². The van der Waals surface area contributed by atoms with Gasteiger partial charge in [-0.15, -0.1) is 0 Å². The highest BCUT2D eigenvalue weighted by Gasteiger charge is 2.12. The van der Waals surface area contributed by atoms with Crippen molar-refractivity contribution in [3.63, 3.8) is 0 Å². The zero-order valence-corrected chi connectivity index (χ0v) is 12.2. The van der Waals surface area contributed by atoms with E-state index in [1.54, 1.807) is 24.3 Å². The molecule has 21 heavy (non-hydrogen) atoms. The van der Waals surface area contributed by atoms with Gasteiger partial charge in [-0.3, -0.25) is 9.59 Å². The Morgan fingerprint density at radius 1 is 1.00 bits per heavy atom. The van der Waals surface area contributed by atoms with E-state index >= 15 is 0 Å². The normalized spacial score (nSPS) is 11.4. The van der Waals surface area contributed by atoms with E-state index in [2.05, 4.69) is 10.6 Å². The smallest absolute Gasteiger partial charge is 0.331 e. The zero-order valence-electron chi connectivity index (χ0n) is 12.2. The molecule has 1 aromatic carbocycles. The predicted octanol–water partition coefficient (Wildman–Crippen LogP) is 1.68. The van der Waals surface area contributed by atoms with Crippen LogP contribution in [-0.2, 0) is 20.9 Å². The number of rotatable bonds is 5. The Balaban J connectivity index is 2.63. The van der Waals surface area contributed by atoms with E-state index in [1.807, 2.05) is 0 Å². The van der Waals surface area contributed by atoms with Gasteiger partial charge in [0, 0.05) is 30.3 Å². The van der Waals surface area contributed by atoms with Gasteiger partial charge in [0.2, 0.25) is 11.8 Å². The molecule has 0 aliphatic rings. The third-order valence-electron chi connectivity index (χ3n) is 2.95. The van der Waals surface area contributed by atoms with Crippen molar-refractivity contribution in [1.29, 1.82) is 0 Å². The van der Waals surface area contributed by atoms with Crippen LogP contribution in [0, 0.1) is 0 Å². The largest absolute Gasteiger partial charge is 0.478 e. The van der Waals surface area contributed by atoms with Crippen molar-refractivity contribution in [3.05, 3.63) is 41.0 Å². The summed E-state index contributed by atoms with van der Waals surface area (Å²) in [6.07, 6.45) is 0. The quantitative estimate of drug-likeness (QED) is 0.719. The lowest BCUT2D eigenvalue weighted by atomic mass is 10.1. The van der Waals surface area contributed by atoms with Crippen LogP contribution in [0.2, 0.25) is 0 Å². The highest BCUT2D eigenvalue weighted by molar-refractivity contribution is 6.01. The Hall–Kier alpha value is -2.63. The van der Waals surface area contributed by atoms with Gasteiger partial charge in [0.05, 0.1) is 0 Å². The molecule has 0 radical (unpaired) electrons. The SMILES string of the molecule is CC(=O)Nc1ccc(CNC(=O)C(C)=C(C)C(=O)O)cc1. The Morgan fingerprint density at radius 3 is 2.05 bits per heavy atom. The van der Waals surface area contributed by atoms with Gasteiger partial charge >= 0.3 is 5.97 Å². The molecule has 0 aliphatic heterocycles. The summed E-state index contributed by atoms with van der Waals surface area (Å²) in [5.74, 6) is -1.68. The maximum Gasteiger partial charge on any atom is 0.331 e. The van der Waals surface area contributed by atoms with Crippen LogP contribution in [0.5, 0.6) is 0 Å². The molecule has 3 N–H and O–H groups in total. The molecule has 0 aromatic heterocycles. The fourth-order valence-corrected chi connectivity index (χ4v) is 1.55. The van der Waals surface area contributed by atoms with Crippen LogP contribution < -0.4 is 10.6 Å². The van der Waals surface area contributed by atoms with Crippen LogP contribution in [0.25, 0.3) is 0 Å². The summed E-state index contributed by atoms with van der Waals surface area (Å²) in [4.78, 5) is 33.4. The van der Waals surface area contributed by atoms with Crippen molar-refractivity contribution in [2.45, 2.75) is 27.3 Å². The Labute approximate surface area is 122 Å². The number of carboxylic acid groups (broad SMARTS) is 1. The summed E-state index contributed by atoms with van der Waals surface area (Å²) in [6, 6.07) is 7.01. The van der Waals surface area contributed by atoms with Crippen molar-refractivity contribution in [3.8, 4) is 0 Å². The summed E-state index contributed by atoms with van der Waals surface area (Å²) in [5, 5.41) is 14.1. The Kier molecular flexibility index (Phi) is 5.66. The average molecular weight is 290 g/mol. The van der Waals surface area contributed by atoms with Gasteiger partial charge in [-0.2, -0.15) is 0 Å². The van der Waals surface area contributed by atoms with Crippen LogP contribution in [0.1, 0.15) is 26.3 Å². The highest BCUT2D eigenvalue weighted by atomic mass is 16.4. The molecule has 0 saturated heterocycles. The third kappa shape index (κ3) is 5.10. The number of aliphatic carboxylic acids is 1. The van der Waals surface area contributed by atoms with Crippen molar-refractivity contribution < 1.29 is 19.5 Å². The molecule has 0 unspecified atom stereocenters. The maximum atomic E-state index is 11.8. The van der Waals surface area contributed by atoms with Crippen LogP contribution >= 0.6 is 0 Å². The number of nitrogens with one attached hydrogen (secondary N) is 2. The average Bonchev–Trinajstić information content (AvgIpc) is 2.43. The molecule has 1 aromatic rings. The molecule has 2 amide bonds. The van der Waals surface area contributed by atoms with E-state index in [1.165, 1.54) is 20.8 Å². The number of carboxylic acids is 1. The summed E-state index contributed by atoms with van der Waals surface area (Å²) >= 11 is 0. The molecule has 1 rings (SSSR count). The fraction of sp³-hybridized carbons (Fsp3) is 0.267. The summed E-state index contributed by atoms with van der Waals surface area (Å²) in [6.45, 7) is 4.57. The Bertz CT molecular complexity index is 588. The van der Waals surface area contributed by atoms with E-state index in [4.69, 9.17) is 5.11 Å². The van der Waals surface area contributed by atoms with Gasteiger partial charge in [-0.1, -0.05) is 12.1 Å². The molecular weight excluding hydrogens is 272 g/mol. The standard InChI is InChI=1S/C15H18N2O4/c1-9(10(2)15(20)21)14(19)16-8-12-4-6-13(7-5-12)17-11(3)18/h4-7H,8H2,1-3H3,(H,16,19)(H,17,18)(H,20,21). The second-order valence-corrected chi connectivity index (χ2v) is 4.62. The first-order chi connectivity index (χ1) is 9.81. The first-order valence-corrected chi connectivity index (χ1v) is 6.36. The lowest BCUT2D eigenvalue weighted by molar-refractivity contribution is -0.133. The zero-order chi connectivity index (χ0) is 16.0. The predicted molar refractivity (Wildman–Crippen MR) is 78.6 cm³/mol. The lowest BCUT2D eigenvalue weighted by Gasteiger charge is -2.08. The monoisotopic (exact) mass is 290 g/mol.